The average molecular weight is 172 g/mol. The standard InChI is InChI=1S/C7H11NO2S/c1-2-6(7(9)10)11-5-3-4-8/h6H,2-3,5H2,1H3,(H,9,10)/p-1. The second-order valence-electron chi connectivity index (χ2n) is 1.99. The van der Waals surface area contributed by atoms with Crippen molar-refractivity contribution in [3.05, 3.63) is 0 Å². The van der Waals surface area contributed by atoms with E-state index < -0.39 is 11.2 Å². The van der Waals surface area contributed by atoms with Crippen LogP contribution in [0.4, 0.5) is 0 Å². The van der Waals surface area contributed by atoms with Crippen LogP contribution in [0.5, 0.6) is 0 Å². The second-order valence-corrected chi connectivity index (χ2v) is 3.31. The lowest BCUT2D eigenvalue weighted by molar-refractivity contribution is -0.304. The summed E-state index contributed by atoms with van der Waals surface area (Å²) in [5, 5.41) is 18.0. The molecule has 1 unspecified atom stereocenters. The van der Waals surface area contributed by atoms with E-state index in [1.165, 1.54) is 11.8 Å². The fraction of sp³-hybridized carbons (Fsp3) is 0.714. The average Bonchev–Trinajstić information content (AvgIpc) is 1.97. The number of aliphatic carboxylic acids is 1. The van der Waals surface area contributed by atoms with Crippen molar-refractivity contribution in [2.24, 2.45) is 0 Å². The number of nitriles is 1. The Morgan fingerprint density at radius 3 is 2.82 bits per heavy atom. The van der Waals surface area contributed by atoms with E-state index in [1.807, 2.05) is 6.07 Å². The first-order chi connectivity index (χ1) is 5.22. The molecule has 0 aliphatic carbocycles. The summed E-state index contributed by atoms with van der Waals surface area (Å²) in [6, 6.07) is 1.95. The van der Waals surface area contributed by atoms with Crippen molar-refractivity contribution >= 4 is 17.7 Å². The topological polar surface area (TPSA) is 63.9 Å². The number of carboxylic acids is 1. The smallest absolute Gasteiger partial charge is 0.0630 e. The molecular formula is C7H10NO2S-. The Bertz CT molecular complexity index is 164. The van der Waals surface area contributed by atoms with Gasteiger partial charge in [-0.25, -0.2) is 0 Å². The van der Waals surface area contributed by atoms with Gasteiger partial charge in [0.05, 0.1) is 12.0 Å². The highest BCUT2D eigenvalue weighted by atomic mass is 32.2. The van der Waals surface area contributed by atoms with Gasteiger partial charge in [-0.2, -0.15) is 17.0 Å². The minimum absolute atomic E-state index is 0.397. The molecule has 0 rings (SSSR count). The minimum atomic E-state index is -1.03. The molecule has 0 saturated carbocycles. The van der Waals surface area contributed by atoms with Crippen molar-refractivity contribution < 1.29 is 9.90 Å². The molecule has 62 valence electrons. The number of thioether (sulfide) groups is 1. The molecule has 0 bridgehead atoms. The van der Waals surface area contributed by atoms with E-state index in [4.69, 9.17) is 5.26 Å². The van der Waals surface area contributed by atoms with Gasteiger partial charge in [-0.05, 0) is 6.42 Å². The molecule has 0 N–H and O–H groups in total. The van der Waals surface area contributed by atoms with Gasteiger partial charge >= 0.3 is 0 Å². The maximum absolute atomic E-state index is 10.3. The van der Waals surface area contributed by atoms with Crippen molar-refractivity contribution in [2.45, 2.75) is 25.0 Å². The number of carbonyl (C=O) groups is 1. The summed E-state index contributed by atoms with van der Waals surface area (Å²) in [6.07, 6.45) is 0.951. The summed E-state index contributed by atoms with van der Waals surface area (Å²) >= 11 is 1.27. The fourth-order valence-corrected chi connectivity index (χ4v) is 1.46. The third-order valence-electron chi connectivity index (χ3n) is 1.17. The van der Waals surface area contributed by atoms with Crippen LogP contribution >= 0.6 is 11.8 Å². The van der Waals surface area contributed by atoms with Crippen molar-refractivity contribution in [1.82, 2.24) is 0 Å². The van der Waals surface area contributed by atoms with Gasteiger partial charge in [0.15, 0.2) is 0 Å². The number of rotatable bonds is 5. The van der Waals surface area contributed by atoms with E-state index in [2.05, 4.69) is 0 Å². The summed E-state index contributed by atoms with van der Waals surface area (Å²) in [6.45, 7) is 1.79. The summed E-state index contributed by atoms with van der Waals surface area (Å²) in [5.74, 6) is -0.460. The summed E-state index contributed by atoms with van der Waals surface area (Å²) in [7, 11) is 0. The quantitative estimate of drug-likeness (QED) is 0.554. The molecule has 0 aliphatic heterocycles. The SMILES string of the molecule is CCC(SCCC#N)C(=O)[O-]. The van der Waals surface area contributed by atoms with Gasteiger partial charge < -0.3 is 9.90 Å². The Kier molecular flexibility index (Phi) is 5.67. The number of nitrogens with zero attached hydrogens (tertiary/aromatic N) is 1. The van der Waals surface area contributed by atoms with Crippen LogP contribution in [0.1, 0.15) is 19.8 Å². The number of carboxylic acid groups (broad SMARTS) is 1. The van der Waals surface area contributed by atoms with Gasteiger partial charge in [-0.3, -0.25) is 0 Å². The molecule has 0 aromatic carbocycles. The van der Waals surface area contributed by atoms with E-state index >= 15 is 0 Å². The highest BCUT2D eigenvalue weighted by molar-refractivity contribution is 8.00. The minimum Gasteiger partial charge on any atom is -0.549 e. The lowest BCUT2D eigenvalue weighted by Crippen LogP contribution is -2.33. The molecule has 0 heterocycles. The molecule has 1 atom stereocenters. The normalized spacial score (nSPS) is 12.0. The van der Waals surface area contributed by atoms with E-state index in [9.17, 15) is 9.90 Å². The molecular weight excluding hydrogens is 162 g/mol. The number of hydrogen-bond acceptors (Lipinski definition) is 4. The highest BCUT2D eigenvalue weighted by Gasteiger charge is 2.05. The molecule has 0 aliphatic rings. The maximum atomic E-state index is 10.3. The van der Waals surface area contributed by atoms with Crippen LogP contribution in [0.3, 0.4) is 0 Å². The monoisotopic (exact) mass is 172 g/mol. The lowest BCUT2D eigenvalue weighted by atomic mass is 10.3. The summed E-state index contributed by atoms with van der Waals surface area (Å²) in [5.41, 5.74) is 0. The van der Waals surface area contributed by atoms with Crippen LogP contribution < -0.4 is 5.11 Å². The van der Waals surface area contributed by atoms with Crippen molar-refractivity contribution in [3.8, 4) is 6.07 Å². The second kappa shape index (κ2) is 6.05. The highest BCUT2D eigenvalue weighted by Crippen LogP contribution is 2.14. The Labute approximate surface area is 70.4 Å². The summed E-state index contributed by atoms with van der Waals surface area (Å²) < 4.78 is 0. The van der Waals surface area contributed by atoms with Gasteiger partial charge in [0, 0.05) is 17.4 Å². The fourth-order valence-electron chi connectivity index (χ4n) is 0.599. The van der Waals surface area contributed by atoms with Gasteiger partial charge in [-0.15, -0.1) is 0 Å². The van der Waals surface area contributed by atoms with E-state index in [0.29, 0.717) is 18.6 Å². The largest absolute Gasteiger partial charge is 0.549 e. The molecule has 4 heteroatoms. The van der Waals surface area contributed by atoms with Crippen molar-refractivity contribution in [2.75, 3.05) is 5.75 Å². The van der Waals surface area contributed by atoms with Crippen molar-refractivity contribution in [1.29, 1.82) is 5.26 Å². The third-order valence-corrected chi connectivity index (χ3v) is 2.53. The zero-order valence-corrected chi connectivity index (χ0v) is 7.19. The molecule has 0 amide bonds. The predicted octanol–water partition coefficient (Wildman–Crippen LogP) is 0.162. The first kappa shape index (κ1) is 10.3. The van der Waals surface area contributed by atoms with Crippen LogP contribution in [0.15, 0.2) is 0 Å². The first-order valence-corrected chi connectivity index (χ1v) is 4.46. The number of carbonyl (C=O) groups excluding carboxylic acids is 1. The molecule has 0 aromatic heterocycles. The van der Waals surface area contributed by atoms with Gasteiger partial charge in [0.25, 0.3) is 0 Å². The zero-order chi connectivity index (χ0) is 8.69. The van der Waals surface area contributed by atoms with Gasteiger partial charge in [-0.1, -0.05) is 6.92 Å². The van der Waals surface area contributed by atoms with E-state index in [-0.39, 0.29) is 0 Å². The van der Waals surface area contributed by atoms with Crippen molar-refractivity contribution in [3.63, 3.8) is 0 Å². The lowest BCUT2D eigenvalue weighted by Gasteiger charge is -2.13. The number of hydrogen-bond donors (Lipinski definition) is 0. The van der Waals surface area contributed by atoms with E-state index in [0.717, 1.165) is 0 Å². The molecule has 0 radical (unpaired) electrons. The van der Waals surface area contributed by atoms with Crippen LogP contribution in [0, 0.1) is 11.3 Å². The molecule has 0 spiro atoms. The van der Waals surface area contributed by atoms with Crippen LogP contribution in [-0.2, 0) is 4.79 Å². The van der Waals surface area contributed by atoms with Crippen LogP contribution in [-0.4, -0.2) is 17.0 Å². The molecule has 3 nitrogen and oxygen atoms in total. The molecule has 0 saturated heterocycles. The summed E-state index contributed by atoms with van der Waals surface area (Å²) in [4.78, 5) is 10.3. The van der Waals surface area contributed by atoms with Gasteiger partial charge in [0.2, 0.25) is 0 Å². The van der Waals surface area contributed by atoms with E-state index in [1.54, 1.807) is 6.92 Å². The Balaban J connectivity index is 3.54. The van der Waals surface area contributed by atoms with Gasteiger partial charge in [0.1, 0.15) is 0 Å². The maximum Gasteiger partial charge on any atom is 0.0630 e. The first-order valence-electron chi connectivity index (χ1n) is 3.41. The molecule has 11 heavy (non-hydrogen) atoms. The molecule has 0 aromatic rings. The predicted molar refractivity (Wildman–Crippen MR) is 41.8 cm³/mol. The Morgan fingerprint density at radius 1 is 1.82 bits per heavy atom. The zero-order valence-electron chi connectivity index (χ0n) is 6.37. The van der Waals surface area contributed by atoms with Crippen LogP contribution in [0.2, 0.25) is 0 Å². The third kappa shape index (κ3) is 4.68. The Morgan fingerprint density at radius 2 is 2.45 bits per heavy atom. The Hall–Kier alpha value is -0.690. The van der Waals surface area contributed by atoms with Crippen LogP contribution in [0.25, 0.3) is 0 Å². The molecule has 0 fully saturated rings.